The standard InChI is InChI=1S/C19H15FN6O2S/c1-11-16(23-25-26(11)14-7-4-6-13(20)10-14)17-21-19(29-24-17)22-18(27)12-5-3-8-15(9-12)28-2/h3-10H,1-2H3,(H,21,22,24,27). The number of hydrogen-bond donors (Lipinski definition) is 1. The number of carbonyl (C=O) groups is 1. The second-order valence-corrected chi connectivity index (χ2v) is 6.78. The van der Waals surface area contributed by atoms with Crippen LogP contribution in [0.2, 0.25) is 0 Å². The molecule has 0 aliphatic carbocycles. The molecule has 0 aliphatic heterocycles. The van der Waals surface area contributed by atoms with Crippen molar-refractivity contribution in [1.82, 2.24) is 24.4 Å². The van der Waals surface area contributed by atoms with Crippen LogP contribution in [0.3, 0.4) is 0 Å². The van der Waals surface area contributed by atoms with Gasteiger partial charge in [-0.25, -0.2) is 9.07 Å². The molecular weight excluding hydrogens is 395 g/mol. The number of nitrogens with one attached hydrogen (secondary N) is 1. The minimum atomic E-state index is -0.367. The first kappa shape index (κ1) is 18.7. The monoisotopic (exact) mass is 410 g/mol. The first-order valence-corrected chi connectivity index (χ1v) is 9.30. The summed E-state index contributed by atoms with van der Waals surface area (Å²) in [6, 6.07) is 12.8. The molecule has 0 saturated heterocycles. The van der Waals surface area contributed by atoms with E-state index in [9.17, 15) is 9.18 Å². The average molecular weight is 410 g/mol. The lowest BCUT2D eigenvalue weighted by atomic mass is 10.2. The van der Waals surface area contributed by atoms with E-state index in [1.807, 2.05) is 0 Å². The minimum Gasteiger partial charge on any atom is -0.497 e. The molecule has 29 heavy (non-hydrogen) atoms. The number of methoxy groups -OCH3 is 1. The first-order chi connectivity index (χ1) is 14.0. The lowest BCUT2D eigenvalue weighted by Gasteiger charge is -2.03. The van der Waals surface area contributed by atoms with Crippen LogP contribution in [0.5, 0.6) is 5.75 Å². The van der Waals surface area contributed by atoms with Gasteiger partial charge in [-0.3, -0.25) is 10.1 Å². The number of hydrogen-bond acceptors (Lipinski definition) is 7. The smallest absolute Gasteiger partial charge is 0.257 e. The Morgan fingerprint density at radius 2 is 2.03 bits per heavy atom. The Balaban J connectivity index is 1.56. The van der Waals surface area contributed by atoms with Crippen molar-refractivity contribution in [2.24, 2.45) is 0 Å². The topological polar surface area (TPSA) is 94.8 Å². The van der Waals surface area contributed by atoms with Gasteiger partial charge in [-0.05, 0) is 43.3 Å². The molecule has 4 rings (SSSR count). The molecule has 0 bridgehead atoms. The van der Waals surface area contributed by atoms with E-state index in [-0.39, 0.29) is 11.7 Å². The number of rotatable bonds is 5. The molecular formula is C19H15FN6O2S. The van der Waals surface area contributed by atoms with Gasteiger partial charge in [0.2, 0.25) is 5.13 Å². The molecule has 1 N–H and O–H groups in total. The summed E-state index contributed by atoms with van der Waals surface area (Å²) in [4.78, 5) is 16.7. The van der Waals surface area contributed by atoms with Crippen LogP contribution in [-0.4, -0.2) is 37.4 Å². The van der Waals surface area contributed by atoms with Crippen LogP contribution in [-0.2, 0) is 0 Å². The minimum absolute atomic E-state index is 0.326. The predicted octanol–water partition coefficient (Wildman–Crippen LogP) is 3.49. The van der Waals surface area contributed by atoms with Gasteiger partial charge in [0, 0.05) is 17.1 Å². The van der Waals surface area contributed by atoms with E-state index >= 15 is 0 Å². The highest BCUT2D eigenvalue weighted by Crippen LogP contribution is 2.24. The van der Waals surface area contributed by atoms with Crippen LogP contribution < -0.4 is 10.1 Å². The van der Waals surface area contributed by atoms with Crippen LogP contribution in [0.25, 0.3) is 17.2 Å². The predicted molar refractivity (Wildman–Crippen MR) is 106 cm³/mol. The number of nitrogens with zero attached hydrogens (tertiary/aromatic N) is 5. The Morgan fingerprint density at radius 1 is 1.21 bits per heavy atom. The fourth-order valence-corrected chi connectivity index (χ4v) is 3.26. The van der Waals surface area contributed by atoms with Gasteiger partial charge < -0.3 is 4.74 Å². The van der Waals surface area contributed by atoms with Gasteiger partial charge in [-0.2, -0.15) is 9.36 Å². The zero-order chi connectivity index (χ0) is 20.4. The zero-order valence-electron chi connectivity index (χ0n) is 15.5. The number of halogens is 1. The number of ether oxygens (including phenoxy) is 1. The third-order valence-corrected chi connectivity index (χ3v) is 4.77. The highest BCUT2D eigenvalue weighted by atomic mass is 32.1. The van der Waals surface area contributed by atoms with E-state index in [1.54, 1.807) is 43.3 Å². The Morgan fingerprint density at radius 3 is 2.83 bits per heavy atom. The van der Waals surface area contributed by atoms with E-state index in [2.05, 4.69) is 25.0 Å². The van der Waals surface area contributed by atoms with E-state index < -0.39 is 0 Å². The highest BCUT2D eigenvalue weighted by Gasteiger charge is 2.18. The number of carbonyl (C=O) groups excluding carboxylic acids is 1. The lowest BCUT2D eigenvalue weighted by Crippen LogP contribution is -2.11. The summed E-state index contributed by atoms with van der Waals surface area (Å²) < 4.78 is 24.4. The van der Waals surface area contributed by atoms with Crippen molar-refractivity contribution < 1.29 is 13.9 Å². The molecule has 2 heterocycles. The van der Waals surface area contributed by atoms with Gasteiger partial charge in [-0.1, -0.05) is 17.3 Å². The fourth-order valence-electron chi connectivity index (χ4n) is 2.69. The molecule has 0 radical (unpaired) electrons. The summed E-state index contributed by atoms with van der Waals surface area (Å²) in [6.45, 7) is 1.79. The Kier molecular flexibility index (Phi) is 5.00. The maximum absolute atomic E-state index is 13.5. The van der Waals surface area contributed by atoms with Crippen molar-refractivity contribution in [3.63, 3.8) is 0 Å². The van der Waals surface area contributed by atoms with Crippen LogP contribution >= 0.6 is 11.5 Å². The van der Waals surface area contributed by atoms with Crippen molar-refractivity contribution >= 4 is 22.6 Å². The van der Waals surface area contributed by atoms with Crippen LogP contribution in [0.15, 0.2) is 48.5 Å². The Bertz CT molecular complexity index is 1190. The summed E-state index contributed by atoms with van der Waals surface area (Å²) in [7, 11) is 1.54. The van der Waals surface area contributed by atoms with Crippen molar-refractivity contribution in [1.29, 1.82) is 0 Å². The molecule has 1 amide bonds. The first-order valence-electron chi connectivity index (χ1n) is 8.53. The molecule has 10 heteroatoms. The van der Waals surface area contributed by atoms with Crippen LogP contribution in [0, 0.1) is 12.7 Å². The number of aromatic nitrogens is 5. The second-order valence-electron chi connectivity index (χ2n) is 6.02. The summed E-state index contributed by atoms with van der Waals surface area (Å²) >= 11 is 1.03. The van der Waals surface area contributed by atoms with E-state index in [0.717, 1.165) is 11.5 Å². The summed E-state index contributed by atoms with van der Waals surface area (Å²) in [5, 5.41) is 11.2. The molecule has 0 aliphatic rings. The van der Waals surface area contributed by atoms with Gasteiger partial charge in [0.1, 0.15) is 11.6 Å². The molecule has 146 valence electrons. The Labute approximate surface area is 169 Å². The van der Waals surface area contributed by atoms with Crippen LogP contribution in [0.4, 0.5) is 9.52 Å². The molecule has 0 unspecified atom stereocenters. The summed E-state index contributed by atoms with van der Waals surface area (Å²) in [6.07, 6.45) is 0. The largest absolute Gasteiger partial charge is 0.497 e. The van der Waals surface area contributed by atoms with Crippen molar-refractivity contribution in [2.45, 2.75) is 6.92 Å². The molecule has 8 nitrogen and oxygen atoms in total. The molecule has 0 spiro atoms. The van der Waals surface area contributed by atoms with E-state index in [4.69, 9.17) is 4.74 Å². The lowest BCUT2D eigenvalue weighted by molar-refractivity contribution is 0.102. The highest BCUT2D eigenvalue weighted by molar-refractivity contribution is 7.10. The molecule has 2 aromatic heterocycles. The number of anilines is 1. The van der Waals surface area contributed by atoms with Gasteiger partial charge in [0.05, 0.1) is 18.5 Å². The van der Waals surface area contributed by atoms with E-state index in [0.29, 0.717) is 39.3 Å². The molecule has 2 aromatic carbocycles. The summed E-state index contributed by atoms with van der Waals surface area (Å²) in [5.41, 5.74) is 2.09. The second kappa shape index (κ2) is 7.76. The third kappa shape index (κ3) is 3.83. The summed E-state index contributed by atoms with van der Waals surface area (Å²) in [5.74, 6) is 0.219. The van der Waals surface area contributed by atoms with Gasteiger partial charge in [0.15, 0.2) is 11.5 Å². The molecule has 0 saturated carbocycles. The van der Waals surface area contributed by atoms with Crippen molar-refractivity contribution in [2.75, 3.05) is 12.4 Å². The molecule has 0 fully saturated rings. The SMILES string of the molecule is COc1cccc(C(=O)Nc2nc(-c3nnn(-c4cccc(F)c4)c3C)ns2)c1. The van der Waals surface area contributed by atoms with Crippen LogP contribution in [0.1, 0.15) is 16.1 Å². The maximum Gasteiger partial charge on any atom is 0.257 e. The fraction of sp³-hybridized carbons (Fsp3) is 0.105. The third-order valence-electron chi connectivity index (χ3n) is 4.14. The number of benzene rings is 2. The number of amides is 1. The average Bonchev–Trinajstić information content (AvgIpc) is 3.34. The van der Waals surface area contributed by atoms with Gasteiger partial charge >= 0.3 is 0 Å². The van der Waals surface area contributed by atoms with E-state index in [1.165, 1.54) is 23.9 Å². The van der Waals surface area contributed by atoms with Gasteiger partial charge in [0.25, 0.3) is 5.91 Å². The normalized spacial score (nSPS) is 10.7. The Hall–Kier alpha value is -3.66. The van der Waals surface area contributed by atoms with Crippen molar-refractivity contribution in [3.05, 3.63) is 65.6 Å². The van der Waals surface area contributed by atoms with Crippen molar-refractivity contribution in [3.8, 4) is 23.0 Å². The zero-order valence-corrected chi connectivity index (χ0v) is 16.3. The van der Waals surface area contributed by atoms with Gasteiger partial charge in [-0.15, -0.1) is 5.10 Å². The molecule has 0 atom stereocenters. The maximum atomic E-state index is 13.5. The molecule has 4 aromatic rings. The quantitative estimate of drug-likeness (QED) is 0.541.